The van der Waals surface area contributed by atoms with Crippen LogP contribution in [-0.2, 0) is 16.0 Å². The van der Waals surface area contributed by atoms with Gasteiger partial charge in [0.25, 0.3) is 0 Å². The zero-order valence-corrected chi connectivity index (χ0v) is 22.8. The number of aliphatic hydroxyl groups is 1. The fourth-order valence-electron chi connectivity index (χ4n) is 4.51. The van der Waals surface area contributed by atoms with Crippen molar-refractivity contribution in [1.82, 2.24) is 15.5 Å². The highest BCUT2D eigenvalue weighted by Gasteiger charge is 2.23. The number of aliphatic hydroxyl groups excluding tert-OH is 1. The summed E-state index contributed by atoms with van der Waals surface area (Å²) in [6, 6.07) is 13.9. The van der Waals surface area contributed by atoms with Crippen LogP contribution in [0.5, 0.6) is 0 Å². The Balaban J connectivity index is 2.01. The second kappa shape index (κ2) is 16.3. The molecule has 0 aliphatic rings. The summed E-state index contributed by atoms with van der Waals surface area (Å²) in [5, 5.41) is 19.7. The predicted molar refractivity (Wildman–Crippen MR) is 149 cm³/mol. The summed E-state index contributed by atoms with van der Waals surface area (Å²) in [6.45, 7) is 11.3. The Morgan fingerprint density at radius 2 is 1.67 bits per heavy atom. The fraction of sp³-hybridized carbons (Fsp3) is 0.600. The maximum absolute atomic E-state index is 12.9. The molecule has 0 fully saturated rings. The summed E-state index contributed by atoms with van der Waals surface area (Å²) in [5.41, 5.74) is 1.10. The Hall–Kier alpha value is -2.44. The third-order valence-electron chi connectivity index (χ3n) is 6.52. The highest BCUT2D eigenvalue weighted by Crippen LogP contribution is 2.20. The van der Waals surface area contributed by atoms with E-state index in [2.05, 4.69) is 62.6 Å². The van der Waals surface area contributed by atoms with Crippen molar-refractivity contribution >= 4 is 22.6 Å². The van der Waals surface area contributed by atoms with Gasteiger partial charge < -0.3 is 20.6 Å². The molecule has 3 N–H and O–H groups in total. The number of nitrogens with zero attached hydrogens (tertiary/aromatic N) is 1. The summed E-state index contributed by atoms with van der Waals surface area (Å²) in [5.74, 6) is 0.592. The molecule has 0 unspecified atom stereocenters. The highest BCUT2D eigenvalue weighted by molar-refractivity contribution is 5.86. The van der Waals surface area contributed by atoms with Gasteiger partial charge in [-0.15, -0.1) is 0 Å². The van der Waals surface area contributed by atoms with Crippen LogP contribution in [0.4, 0.5) is 0 Å². The molecule has 200 valence electrons. The first-order chi connectivity index (χ1) is 17.3. The van der Waals surface area contributed by atoms with Gasteiger partial charge in [0.1, 0.15) is 0 Å². The van der Waals surface area contributed by atoms with Crippen molar-refractivity contribution in [2.45, 2.75) is 84.8 Å². The number of carbonyl (C=O) groups excluding carboxylic acids is 2. The van der Waals surface area contributed by atoms with Crippen LogP contribution in [0.3, 0.4) is 0 Å². The van der Waals surface area contributed by atoms with E-state index in [9.17, 15) is 14.7 Å². The molecular weight excluding hydrogens is 450 g/mol. The third kappa shape index (κ3) is 10.3. The lowest BCUT2D eigenvalue weighted by Crippen LogP contribution is -2.49. The first-order valence-corrected chi connectivity index (χ1v) is 13.8. The second-order valence-electron chi connectivity index (χ2n) is 10.2. The Bertz CT molecular complexity index is 919. The number of amides is 2. The van der Waals surface area contributed by atoms with Crippen LogP contribution in [0.15, 0.2) is 42.5 Å². The van der Waals surface area contributed by atoms with E-state index in [1.54, 1.807) is 0 Å². The molecule has 0 heterocycles. The average Bonchev–Trinajstić information content (AvgIpc) is 2.86. The fourth-order valence-corrected chi connectivity index (χ4v) is 4.51. The molecule has 2 aromatic carbocycles. The van der Waals surface area contributed by atoms with Gasteiger partial charge in [-0.3, -0.25) is 9.59 Å². The molecule has 0 saturated heterocycles. The Morgan fingerprint density at radius 3 is 2.36 bits per heavy atom. The number of rotatable bonds is 17. The zero-order chi connectivity index (χ0) is 26.3. The van der Waals surface area contributed by atoms with Crippen LogP contribution >= 0.6 is 0 Å². The third-order valence-corrected chi connectivity index (χ3v) is 6.52. The van der Waals surface area contributed by atoms with E-state index in [-0.39, 0.29) is 18.2 Å². The van der Waals surface area contributed by atoms with E-state index in [4.69, 9.17) is 0 Å². The number of nitrogens with one attached hydrogen (secondary N) is 2. The molecular formula is C30H47N3O3. The second-order valence-corrected chi connectivity index (χ2v) is 10.2. The summed E-state index contributed by atoms with van der Waals surface area (Å²) >= 11 is 0. The van der Waals surface area contributed by atoms with E-state index >= 15 is 0 Å². The Kier molecular flexibility index (Phi) is 13.5. The lowest BCUT2D eigenvalue weighted by atomic mass is 9.96. The lowest BCUT2D eigenvalue weighted by Gasteiger charge is -2.26. The van der Waals surface area contributed by atoms with Crippen molar-refractivity contribution in [3.63, 3.8) is 0 Å². The van der Waals surface area contributed by atoms with Crippen molar-refractivity contribution in [3.8, 4) is 0 Å². The van der Waals surface area contributed by atoms with Gasteiger partial charge in [0.15, 0.2) is 0 Å². The quantitative estimate of drug-likeness (QED) is 0.277. The summed E-state index contributed by atoms with van der Waals surface area (Å²) in [7, 11) is 0. The molecule has 2 amide bonds. The number of fused-ring (bicyclic) bond motifs is 1. The van der Waals surface area contributed by atoms with Crippen molar-refractivity contribution in [2.75, 3.05) is 26.2 Å². The first kappa shape index (κ1) is 29.8. The minimum atomic E-state index is -0.716. The van der Waals surface area contributed by atoms with Crippen molar-refractivity contribution in [2.24, 2.45) is 5.92 Å². The average molecular weight is 498 g/mol. The molecule has 2 aromatic rings. The first-order valence-electron chi connectivity index (χ1n) is 13.8. The van der Waals surface area contributed by atoms with E-state index < -0.39 is 12.1 Å². The van der Waals surface area contributed by atoms with E-state index in [1.807, 2.05) is 23.1 Å². The van der Waals surface area contributed by atoms with Crippen LogP contribution in [0.1, 0.15) is 71.8 Å². The van der Waals surface area contributed by atoms with Gasteiger partial charge in [-0.2, -0.15) is 0 Å². The number of carbonyl (C=O) groups is 2. The molecule has 6 heteroatoms. The molecule has 0 spiro atoms. The van der Waals surface area contributed by atoms with Gasteiger partial charge in [-0.05, 0) is 60.9 Å². The van der Waals surface area contributed by atoms with Crippen LogP contribution in [-0.4, -0.2) is 60.1 Å². The predicted octanol–water partition coefficient (Wildman–Crippen LogP) is 4.68. The van der Waals surface area contributed by atoms with Gasteiger partial charge in [0.05, 0.1) is 12.1 Å². The minimum absolute atomic E-state index is 0.119. The topological polar surface area (TPSA) is 81.7 Å². The van der Waals surface area contributed by atoms with E-state index in [0.717, 1.165) is 55.2 Å². The molecule has 0 bridgehead atoms. The Morgan fingerprint density at radius 1 is 0.972 bits per heavy atom. The molecule has 0 saturated carbocycles. The smallest absolute Gasteiger partial charge is 0.222 e. The SMILES string of the molecule is CCCN(CCC)C(=O)CCCC(=O)N[C@@H](Cc1cccc2ccccc12)[C@H](O)CNCCC(C)C. The van der Waals surface area contributed by atoms with Crippen molar-refractivity contribution < 1.29 is 14.7 Å². The van der Waals surface area contributed by atoms with Crippen LogP contribution in [0.25, 0.3) is 10.8 Å². The van der Waals surface area contributed by atoms with Crippen LogP contribution < -0.4 is 10.6 Å². The number of benzene rings is 2. The van der Waals surface area contributed by atoms with Gasteiger partial charge in [0.2, 0.25) is 11.8 Å². The monoisotopic (exact) mass is 497 g/mol. The molecule has 36 heavy (non-hydrogen) atoms. The Labute approximate surface area is 217 Å². The maximum Gasteiger partial charge on any atom is 0.222 e. The van der Waals surface area contributed by atoms with Crippen LogP contribution in [0, 0.1) is 5.92 Å². The molecule has 0 aliphatic heterocycles. The van der Waals surface area contributed by atoms with Gasteiger partial charge in [-0.25, -0.2) is 0 Å². The van der Waals surface area contributed by atoms with Crippen molar-refractivity contribution in [3.05, 3.63) is 48.0 Å². The minimum Gasteiger partial charge on any atom is -0.390 e. The summed E-state index contributed by atoms with van der Waals surface area (Å²) in [4.78, 5) is 27.3. The normalized spacial score (nSPS) is 13.1. The van der Waals surface area contributed by atoms with Crippen LogP contribution in [0.2, 0.25) is 0 Å². The van der Waals surface area contributed by atoms with E-state index in [0.29, 0.717) is 31.7 Å². The molecule has 0 radical (unpaired) electrons. The van der Waals surface area contributed by atoms with E-state index in [1.165, 1.54) is 0 Å². The highest BCUT2D eigenvalue weighted by atomic mass is 16.3. The largest absolute Gasteiger partial charge is 0.390 e. The zero-order valence-electron chi connectivity index (χ0n) is 22.8. The molecule has 2 atom stereocenters. The molecule has 0 aliphatic carbocycles. The number of hydrogen-bond donors (Lipinski definition) is 3. The van der Waals surface area contributed by atoms with Crippen molar-refractivity contribution in [1.29, 1.82) is 0 Å². The number of hydrogen-bond acceptors (Lipinski definition) is 4. The maximum atomic E-state index is 12.9. The van der Waals surface area contributed by atoms with Gasteiger partial charge in [0, 0.05) is 32.5 Å². The molecule has 0 aromatic heterocycles. The molecule has 2 rings (SSSR count). The lowest BCUT2D eigenvalue weighted by molar-refractivity contribution is -0.131. The van der Waals surface area contributed by atoms with Gasteiger partial charge >= 0.3 is 0 Å². The van der Waals surface area contributed by atoms with Gasteiger partial charge in [-0.1, -0.05) is 70.2 Å². The molecule has 6 nitrogen and oxygen atoms in total. The standard InChI is InChI=1S/C30H47N3O3/c1-5-19-33(20-6-2)30(36)16-10-15-29(35)32-27(28(34)22-31-18-17-23(3)4)21-25-13-9-12-24-11-7-8-14-26(24)25/h7-9,11-14,23,27-28,31,34H,5-6,10,15-22H2,1-4H3,(H,32,35)/t27-,28+/m0/s1. The summed E-state index contributed by atoms with van der Waals surface area (Å²) < 4.78 is 0. The summed E-state index contributed by atoms with van der Waals surface area (Å²) in [6.07, 6.45) is 3.90.